The molecule has 1 aromatic heterocycles. The first-order valence-corrected chi connectivity index (χ1v) is 7.25. The van der Waals surface area contributed by atoms with Gasteiger partial charge >= 0.3 is 0 Å². The van der Waals surface area contributed by atoms with Gasteiger partial charge in [0.05, 0.1) is 7.11 Å². The van der Waals surface area contributed by atoms with Crippen molar-refractivity contribution in [1.29, 1.82) is 0 Å². The Labute approximate surface area is 120 Å². The Kier molecular flexibility index (Phi) is 5.31. The number of hydrogen-bond acceptors (Lipinski definition) is 4. The van der Waals surface area contributed by atoms with Crippen LogP contribution in [0.4, 0.5) is 4.48 Å². The van der Waals surface area contributed by atoms with E-state index in [1.54, 1.807) is 13.3 Å². The molecule has 112 valence electrons. The Bertz CT molecular complexity index is 419. The van der Waals surface area contributed by atoms with Gasteiger partial charge in [0.1, 0.15) is 5.75 Å². The Morgan fingerprint density at radius 1 is 1.45 bits per heavy atom. The maximum Gasteiger partial charge on any atom is 0.126 e. The first-order valence-electron chi connectivity index (χ1n) is 7.25. The topological polar surface area (TPSA) is 28.6 Å². The second kappa shape index (κ2) is 6.99. The van der Waals surface area contributed by atoms with Gasteiger partial charge in [-0.2, -0.15) is 0 Å². The lowest BCUT2D eigenvalue weighted by molar-refractivity contribution is -0.0721. The van der Waals surface area contributed by atoms with Gasteiger partial charge in [-0.1, -0.05) is 0 Å². The summed E-state index contributed by atoms with van der Waals surface area (Å²) in [5.74, 6) is 0.872. The maximum absolute atomic E-state index is 13.9. The zero-order chi connectivity index (χ0) is 14.5. The van der Waals surface area contributed by atoms with Crippen molar-refractivity contribution in [3.8, 4) is 5.75 Å². The SMILES string of the molecule is COc1ccncc1CN1CCC(N(F)C(C)C)CC1. The Morgan fingerprint density at radius 2 is 2.15 bits per heavy atom. The molecule has 1 saturated heterocycles. The summed E-state index contributed by atoms with van der Waals surface area (Å²) in [7, 11) is 1.68. The number of methoxy groups -OCH3 is 1. The molecule has 1 fully saturated rings. The third kappa shape index (κ3) is 3.67. The molecule has 1 aromatic rings. The molecule has 20 heavy (non-hydrogen) atoms. The van der Waals surface area contributed by atoms with Gasteiger partial charge in [0.2, 0.25) is 0 Å². The minimum atomic E-state index is -0.0371. The summed E-state index contributed by atoms with van der Waals surface area (Å²) < 4.78 is 19.2. The number of hydrogen-bond donors (Lipinski definition) is 0. The second-order valence-corrected chi connectivity index (χ2v) is 5.63. The first-order chi connectivity index (χ1) is 9.61. The lowest BCUT2D eigenvalue weighted by atomic mass is 10.0. The van der Waals surface area contributed by atoms with Crippen LogP contribution in [0.15, 0.2) is 18.5 Å². The van der Waals surface area contributed by atoms with Gasteiger partial charge < -0.3 is 4.74 Å². The van der Waals surface area contributed by atoms with Crippen molar-refractivity contribution in [2.24, 2.45) is 0 Å². The van der Waals surface area contributed by atoms with E-state index in [1.165, 1.54) is 0 Å². The van der Waals surface area contributed by atoms with Gasteiger partial charge in [-0.3, -0.25) is 9.88 Å². The largest absolute Gasteiger partial charge is 0.496 e. The second-order valence-electron chi connectivity index (χ2n) is 5.63. The molecule has 2 rings (SSSR count). The normalized spacial score (nSPS) is 17.9. The Hall–Kier alpha value is -1.20. The third-order valence-electron chi connectivity index (χ3n) is 3.87. The number of aromatic nitrogens is 1. The van der Waals surface area contributed by atoms with Crippen molar-refractivity contribution in [1.82, 2.24) is 15.0 Å². The fraction of sp³-hybridized carbons (Fsp3) is 0.667. The summed E-state index contributed by atoms with van der Waals surface area (Å²) in [6.07, 6.45) is 5.33. The standard InChI is InChI=1S/C15H24FN3O/c1-12(2)19(16)14-5-8-18(9-6-14)11-13-10-17-7-4-15(13)20-3/h4,7,10,12,14H,5-6,8-9,11H2,1-3H3. The van der Waals surface area contributed by atoms with Crippen LogP contribution in [0.3, 0.4) is 0 Å². The minimum absolute atomic E-state index is 0.0371. The first kappa shape index (κ1) is 15.2. The van der Waals surface area contributed by atoms with E-state index in [1.807, 2.05) is 26.1 Å². The quantitative estimate of drug-likeness (QED) is 0.776. The van der Waals surface area contributed by atoms with Crippen molar-refractivity contribution in [2.75, 3.05) is 20.2 Å². The minimum Gasteiger partial charge on any atom is -0.496 e. The van der Waals surface area contributed by atoms with Crippen LogP contribution in [0, 0.1) is 0 Å². The monoisotopic (exact) mass is 281 g/mol. The van der Waals surface area contributed by atoms with E-state index in [0.29, 0.717) is 0 Å². The summed E-state index contributed by atoms with van der Waals surface area (Å²) in [5, 5.41) is 1.00. The van der Waals surface area contributed by atoms with E-state index >= 15 is 0 Å². The number of nitrogens with zero attached hydrogens (tertiary/aromatic N) is 3. The average Bonchev–Trinajstić information content (AvgIpc) is 2.48. The summed E-state index contributed by atoms with van der Waals surface area (Å²) in [6.45, 7) is 6.43. The fourth-order valence-electron chi connectivity index (χ4n) is 2.72. The van der Waals surface area contributed by atoms with Gasteiger partial charge in [-0.05, 0) is 32.8 Å². The third-order valence-corrected chi connectivity index (χ3v) is 3.87. The highest BCUT2D eigenvalue weighted by molar-refractivity contribution is 5.29. The number of pyridine rings is 1. The molecule has 5 heteroatoms. The molecule has 0 saturated carbocycles. The van der Waals surface area contributed by atoms with Crippen LogP contribution in [0.1, 0.15) is 32.3 Å². The van der Waals surface area contributed by atoms with Crippen molar-refractivity contribution in [3.05, 3.63) is 24.0 Å². The summed E-state index contributed by atoms with van der Waals surface area (Å²) in [6, 6.07) is 1.90. The van der Waals surface area contributed by atoms with Crippen molar-refractivity contribution < 1.29 is 9.22 Å². The van der Waals surface area contributed by atoms with E-state index in [0.717, 1.165) is 48.9 Å². The van der Waals surface area contributed by atoms with Crippen LogP contribution in [-0.4, -0.2) is 47.3 Å². The highest BCUT2D eigenvalue weighted by Gasteiger charge is 2.26. The molecule has 0 aromatic carbocycles. The number of likely N-dealkylation sites (tertiary alicyclic amines) is 1. The highest BCUT2D eigenvalue weighted by atomic mass is 19.2. The lowest BCUT2D eigenvalue weighted by Crippen LogP contribution is -2.43. The van der Waals surface area contributed by atoms with E-state index < -0.39 is 0 Å². The van der Waals surface area contributed by atoms with Crippen molar-refractivity contribution in [3.63, 3.8) is 0 Å². The molecule has 0 aliphatic carbocycles. The average molecular weight is 281 g/mol. The molecule has 0 N–H and O–H groups in total. The number of rotatable bonds is 5. The molecule has 0 bridgehead atoms. The number of ether oxygens (including phenoxy) is 1. The lowest BCUT2D eigenvalue weighted by Gasteiger charge is -2.35. The van der Waals surface area contributed by atoms with E-state index in [2.05, 4.69) is 9.88 Å². The summed E-state index contributed by atoms with van der Waals surface area (Å²) in [4.78, 5) is 6.49. The zero-order valence-corrected chi connectivity index (χ0v) is 12.6. The smallest absolute Gasteiger partial charge is 0.126 e. The molecule has 1 aliphatic rings. The molecule has 0 spiro atoms. The number of halogens is 1. The van der Waals surface area contributed by atoms with Crippen LogP contribution in [0.25, 0.3) is 0 Å². The van der Waals surface area contributed by atoms with Gasteiger partial charge in [0, 0.05) is 49.7 Å². The Balaban J connectivity index is 1.88. The van der Waals surface area contributed by atoms with E-state index in [4.69, 9.17) is 4.74 Å². The predicted octanol–water partition coefficient (Wildman–Crippen LogP) is 2.65. The molecule has 0 amide bonds. The molecule has 0 radical (unpaired) electrons. The zero-order valence-electron chi connectivity index (χ0n) is 12.6. The summed E-state index contributed by atoms with van der Waals surface area (Å²) >= 11 is 0. The Morgan fingerprint density at radius 3 is 2.75 bits per heavy atom. The molecular formula is C15H24FN3O. The maximum atomic E-state index is 13.9. The fourth-order valence-corrected chi connectivity index (χ4v) is 2.72. The van der Waals surface area contributed by atoms with Crippen molar-refractivity contribution in [2.45, 2.75) is 45.3 Å². The predicted molar refractivity (Wildman–Crippen MR) is 77.2 cm³/mol. The van der Waals surface area contributed by atoms with E-state index in [-0.39, 0.29) is 12.1 Å². The van der Waals surface area contributed by atoms with Crippen LogP contribution >= 0.6 is 0 Å². The molecule has 4 nitrogen and oxygen atoms in total. The van der Waals surface area contributed by atoms with Crippen LogP contribution in [0.2, 0.25) is 0 Å². The molecular weight excluding hydrogens is 257 g/mol. The van der Waals surface area contributed by atoms with Gasteiger partial charge in [-0.15, -0.1) is 9.60 Å². The van der Waals surface area contributed by atoms with E-state index in [9.17, 15) is 4.48 Å². The molecule has 1 aliphatic heterocycles. The van der Waals surface area contributed by atoms with Crippen LogP contribution in [-0.2, 0) is 6.54 Å². The highest BCUT2D eigenvalue weighted by Crippen LogP contribution is 2.23. The van der Waals surface area contributed by atoms with Gasteiger partial charge in [0.15, 0.2) is 0 Å². The number of piperidine rings is 1. The van der Waals surface area contributed by atoms with Gasteiger partial charge in [-0.25, -0.2) is 0 Å². The molecule has 2 heterocycles. The molecule has 0 unspecified atom stereocenters. The van der Waals surface area contributed by atoms with Gasteiger partial charge in [0.25, 0.3) is 0 Å². The molecule has 0 atom stereocenters. The summed E-state index contributed by atoms with van der Waals surface area (Å²) in [5.41, 5.74) is 1.09. The van der Waals surface area contributed by atoms with Crippen LogP contribution < -0.4 is 4.74 Å². The van der Waals surface area contributed by atoms with Crippen LogP contribution in [0.5, 0.6) is 5.75 Å². The van der Waals surface area contributed by atoms with Crippen molar-refractivity contribution >= 4 is 0 Å².